The van der Waals surface area contributed by atoms with Crippen molar-refractivity contribution in [3.8, 4) is 5.75 Å². The maximum atomic E-state index is 9.51. The minimum absolute atomic E-state index is 0.0610. The Morgan fingerprint density at radius 1 is 1.40 bits per heavy atom. The number of phenolic OH excluding ortho intramolecular Hbond substituents is 1. The highest BCUT2D eigenvalue weighted by Gasteiger charge is 2.34. The van der Waals surface area contributed by atoms with E-state index in [9.17, 15) is 5.11 Å². The van der Waals surface area contributed by atoms with Crippen LogP contribution in [0.3, 0.4) is 0 Å². The molecule has 0 aromatic heterocycles. The Bertz CT molecular complexity index is 446. The summed E-state index contributed by atoms with van der Waals surface area (Å²) in [5.41, 5.74) is 1.24. The van der Waals surface area contributed by atoms with Crippen LogP contribution in [0.4, 0.5) is 0 Å². The number of nitrogens with one attached hydrogen (secondary N) is 1. The average molecular weight is 342 g/mol. The summed E-state index contributed by atoms with van der Waals surface area (Å²) < 4.78 is 6.75. The number of hydrogen-bond donors (Lipinski definition) is 2. The van der Waals surface area contributed by atoms with E-state index in [0.717, 1.165) is 43.3 Å². The van der Waals surface area contributed by atoms with E-state index in [4.69, 9.17) is 4.74 Å². The van der Waals surface area contributed by atoms with E-state index in [1.165, 1.54) is 5.56 Å². The first-order chi connectivity index (χ1) is 9.58. The maximum absolute atomic E-state index is 9.51. The SMILES string of the molecule is CCC1(CC)CC(NCc2ccc(O)c(Br)c2)CCO1. The van der Waals surface area contributed by atoms with Crippen molar-refractivity contribution in [2.24, 2.45) is 0 Å². The lowest BCUT2D eigenvalue weighted by Crippen LogP contribution is -2.46. The number of halogens is 1. The van der Waals surface area contributed by atoms with Crippen LogP contribution in [0.1, 0.15) is 45.1 Å². The van der Waals surface area contributed by atoms with Crippen molar-refractivity contribution in [2.75, 3.05) is 6.61 Å². The van der Waals surface area contributed by atoms with Crippen LogP contribution in [0.15, 0.2) is 22.7 Å². The van der Waals surface area contributed by atoms with Gasteiger partial charge < -0.3 is 15.2 Å². The highest BCUT2D eigenvalue weighted by Crippen LogP contribution is 2.31. The van der Waals surface area contributed by atoms with Crippen LogP contribution in [0.25, 0.3) is 0 Å². The summed E-state index contributed by atoms with van der Waals surface area (Å²) in [7, 11) is 0. The lowest BCUT2D eigenvalue weighted by atomic mass is 9.86. The Labute approximate surface area is 129 Å². The molecule has 1 heterocycles. The van der Waals surface area contributed by atoms with Gasteiger partial charge in [-0.05, 0) is 59.3 Å². The normalized spacial score (nSPS) is 21.9. The fraction of sp³-hybridized carbons (Fsp3) is 0.625. The van der Waals surface area contributed by atoms with Crippen molar-refractivity contribution < 1.29 is 9.84 Å². The van der Waals surface area contributed by atoms with Gasteiger partial charge in [-0.2, -0.15) is 0 Å². The Balaban J connectivity index is 1.91. The number of aromatic hydroxyl groups is 1. The van der Waals surface area contributed by atoms with Gasteiger partial charge in [-0.15, -0.1) is 0 Å². The summed E-state index contributed by atoms with van der Waals surface area (Å²) in [4.78, 5) is 0. The van der Waals surface area contributed by atoms with Gasteiger partial charge in [-0.3, -0.25) is 0 Å². The summed E-state index contributed by atoms with van der Waals surface area (Å²) in [6, 6.07) is 6.16. The number of rotatable bonds is 5. The van der Waals surface area contributed by atoms with Crippen molar-refractivity contribution in [3.63, 3.8) is 0 Å². The molecular weight excluding hydrogens is 318 g/mol. The largest absolute Gasteiger partial charge is 0.507 e. The van der Waals surface area contributed by atoms with Crippen molar-refractivity contribution in [2.45, 2.75) is 57.7 Å². The number of benzene rings is 1. The molecule has 1 aliphatic heterocycles. The molecule has 0 bridgehead atoms. The Hall–Kier alpha value is -0.580. The van der Waals surface area contributed by atoms with Crippen LogP contribution in [0.2, 0.25) is 0 Å². The zero-order chi connectivity index (χ0) is 14.6. The monoisotopic (exact) mass is 341 g/mol. The predicted molar refractivity (Wildman–Crippen MR) is 84.9 cm³/mol. The number of hydrogen-bond acceptors (Lipinski definition) is 3. The first-order valence-electron chi connectivity index (χ1n) is 7.43. The smallest absolute Gasteiger partial charge is 0.129 e. The third-order valence-corrected chi connectivity index (χ3v) is 5.02. The van der Waals surface area contributed by atoms with E-state index < -0.39 is 0 Å². The van der Waals surface area contributed by atoms with Gasteiger partial charge in [0.05, 0.1) is 10.1 Å². The molecule has 0 spiro atoms. The van der Waals surface area contributed by atoms with Gasteiger partial charge >= 0.3 is 0 Å². The lowest BCUT2D eigenvalue weighted by Gasteiger charge is -2.40. The molecule has 1 saturated heterocycles. The van der Waals surface area contributed by atoms with Gasteiger partial charge in [0.25, 0.3) is 0 Å². The highest BCUT2D eigenvalue weighted by molar-refractivity contribution is 9.10. The molecule has 0 saturated carbocycles. The number of ether oxygens (including phenoxy) is 1. The average Bonchev–Trinajstić information content (AvgIpc) is 2.48. The van der Waals surface area contributed by atoms with E-state index in [1.54, 1.807) is 6.07 Å². The van der Waals surface area contributed by atoms with Crippen LogP contribution < -0.4 is 5.32 Å². The number of phenols is 1. The van der Waals surface area contributed by atoms with Crippen LogP contribution in [-0.4, -0.2) is 23.4 Å². The summed E-state index contributed by atoms with van der Waals surface area (Å²) in [5, 5.41) is 13.1. The zero-order valence-corrected chi connectivity index (χ0v) is 13.9. The minimum atomic E-state index is 0.0610. The van der Waals surface area contributed by atoms with Crippen molar-refractivity contribution in [1.29, 1.82) is 0 Å². The van der Waals surface area contributed by atoms with Gasteiger partial charge in [-0.1, -0.05) is 19.9 Å². The third kappa shape index (κ3) is 3.74. The molecule has 1 fully saturated rings. The lowest BCUT2D eigenvalue weighted by molar-refractivity contribution is -0.0932. The fourth-order valence-corrected chi connectivity index (χ4v) is 3.29. The molecular formula is C16H24BrNO2. The van der Waals surface area contributed by atoms with Crippen molar-refractivity contribution in [1.82, 2.24) is 5.32 Å². The topological polar surface area (TPSA) is 41.5 Å². The second kappa shape index (κ2) is 6.92. The molecule has 20 heavy (non-hydrogen) atoms. The second-order valence-electron chi connectivity index (χ2n) is 5.59. The second-order valence-corrected chi connectivity index (χ2v) is 6.45. The summed E-state index contributed by atoms with van der Waals surface area (Å²) in [6.07, 6.45) is 4.30. The molecule has 1 unspecified atom stereocenters. The van der Waals surface area contributed by atoms with Gasteiger partial charge in [0.2, 0.25) is 0 Å². The van der Waals surface area contributed by atoms with Crippen LogP contribution in [-0.2, 0) is 11.3 Å². The molecule has 0 amide bonds. The van der Waals surface area contributed by atoms with Crippen LogP contribution in [0.5, 0.6) is 5.75 Å². The van der Waals surface area contributed by atoms with Gasteiger partial charge in [-0.25, -0.2) is 0 Å². The molecule has 3 nitrogen and oxygen atoms in total. The Kier molecular flexibility index (Phi) is 5.47. The fourth-order valence-electron chi connectivity index (χ4n) is 2.87. The predicted octanol–water partition coefficient (Wildman–Crippen LogP) is 3.98. The van der Waals surface area contributed by atoms with E-state index in [-0.39, 0.29) is 11.4 Å². The van der Waals surface area contributed by atoms with Crippen LogP contribution >= 0.6 is 15.9 Å². The van der Waals surface area contributed by atoms with Crippen LogP contribution in [0, 0.1) is 0 Å². The molecule has 1 aliphatic rings. The van der Waals surface area contributed by atoms with Gasteiger partial charge in [0.15, 0.2) is 0 Å². The zero-order valence-electron chi connectivity index (χ0n) is 12.3. The van der Waals surface area contributed by atoms with Gasteiger partial charge in [0, 0.05) is 19.2 Å². The van der Waals surface area contributed by atoms with Crippen molar-refractivity contribution in [3.05, 3.63) is 28.2 Å². The summed E-state index contributed by atoms with van der Waals surface area (Å²) in [6.45, 7) is 6.09. The summed E-state index contributed by atoms with van der Waals surface area (Å²) >= 11 is 3.35. The molecule has 0 radical (unpaired) electrons. The molecule has 2 rings (SSSR count). The van der Waals surface area contributed by atoms with E-state index in [0.29, 0.717) is 6.04 Å². The summed E-state index contributed by atoms with van der Waals surface area (Å²) in [5.74, 6) is 0.288. The standard InChI is InChI=1S/C16H24BrNO2/c1-3-16(4-2)10-13(7-8-20-16)18-11-12-5-6-15(19)14(17)9-12/h5-6,9,13,18-19H,3-4,7-8,10-11H2,1-2H3. The van der Waals surface area contributed by atoms with Gasteiger partial charge in [0.1, 0.15) is 5.75 Å². The molecule has 1 aromatic rings. The third-order valence-electron chi connectivity index (χ3n) is 4.39. The van der Waals surface area contributed by atoms with E-state index in [2.05, 4.69) is 35.1 Å². The first kappa shape index (κ1) is 15.8. The van der Waals surface area contributed by atoms with E-state index >= 15 is 0 Å². The van der Waals surface area contributed by atoms with E-state index in [1.807, 2.05) is 12.1 Å². The molecule has 112 valence electrons. The quantitative estimate of drug-likeness (QED) is 0.850. The van der Waals surface area contributed by atoms with Crippen molar-refractivity contribution >= 4 is 15.9 Å². The first-order valence-corrected chi connectivity index (χ1v) is 8.22. The highest BCUT2D eigenvalue weighted by atomic mass is 79.9. The molecule has 1 atom stereocenters. The molecule has 2 N–H and O–H groups in total. The minimum Gasteiger partial charge on any atom is -0.507 e. The molecule has 0 aliphatic carbocycles. The maximum Gasteiger partial charge on any atom is 0.129 e. The molecule has 1 aromatic carbocycles. The Morgan fingerprint density at radius 3 is 2.80 bits per heavy atom. The molecule has 4 heteroatoms. The Morgan fingerprint density at radius 2 is 2.15 bits per heavy atom.